The molecule has 0 unspecified atom stereocenters. The summed E-state index contributed by atoms with van der Waals surface area (Å²) in [6, 6.07) is 0.669. The second-order valence-electron chi connectivity index (χ2n) is 3.76. The first-order valence-electron chi connectivity index (χ1n) is 4.96. The Morgan fingerprint density at radius 2 is 2.38 bits per heavy atom. The fourth-order valence-electron chi connectivity index (χ4n) is 1.66. The van der Waals surface area contributed by atoms with Crippen LogP contribution in [0.15, 0.2) is 6.20 Å². The van der Waals surface area contributed by atoms with Gasteiger partial charge in [0.1, 0.15) is 0 Å². The lowest BCUT2D eigenvalue weighted by atomic mass is 10.1. The van der Waals surface area contributed by atoms with Gasteiger partial charge in [0, 0.05) is 12.3 Å². The third-order valence-electron chi connectivity index (χ3n) is 2.64. The molecule has 0 radical (unpaired) electrons. The number of hydrogen-bond donors (Lipinski definition) is 1. The molecule has 0 bridgehead atoms. The van der Waals surface area contributed by atoms with Crippen molar-refractivity contribution in [2.45, 2.75) is 38.6 Å². The number of hydrogen-bond acceptors (Lipinski definition) is 2. The Balaban J connectivity index is 2.08. The van der Waals surface area contributed by atoms with Crippen LogP contribution in [-0.2, 0) is 6.42 Å². The van der Waals surface area contributed by atoms with E-state index in [0.717, 1.165) is 12.8 Å². The van der Waals surface area contributed by atoms with E-state index in [4.69, 9.17) is 5.11 Å². The molecule has 3 heteroatoms. The molecule has 0 spiro atoms. The topological polar surface area (TPSA) is 38.1 Å². The van der Waals surface area contributed by atoms with E-state index in [1.807, 2.05) is 6.20 Å². The van der Waals surface area contributed by atoms with Crippen LogP contribution in [0, 0.1) is 6.92 Å². The van der Waals surface area contributed by atoms with Gasteiger partial charge in [-0.1, -0.05) is 0 Å². The monoisotopic (exact) mass is 180 g/mol. The van der Waals surface area contributed by atoms with Crippen molar-refractivity contribution >= 4 is 0 Å². The summed E-state index contributed by atoms with van der Waals surface area (Å²) in [5.74, 6) is 0. The van der Waals surface area contributed by atoms with Crippen LogP contribution in [0.4, 0.5) is 0 Å². The highest BCUT2D eigenvalue weighted by Crippen LogP contribution is 2.35. The minimum Gasteiger partial charge on any atom is -0.396 e. The fraction of sp³-hybridized carbons (Fsp3) is 0.700. The summed E-state index contributed by atoms with van der Waals surface area (Å²) in [4.78, 5) is 0. The standard InChI is InChI=1S/C10H16N2O/c1-8-9(3-2-6-13)7-11-12(8)10-4-5-10/h7,10,13H,2-6H2,1H3. The lowest BCUT2D eigenvalue weighted by Crippen LogP contribution is -1.99. The maximum atomic E-state index is 8.72. The van der Waals surface area contributed by atoms with Crippen LogP contribution < -0.4 is 0 Å². The molecule has 0 aliphatic heterocycles. The van der Waals surface area contributed by atoms with E-state index in [1.54, 1.807) is 0 Å². The summed E-state index contributed by atoms with van der Waals surface area (Å²) in [5.41, 5.74) is 2.58. The van der Waals surface area contributed by atoms with E-state index in [-0.39, 0.29) is 6.61 Å². The molecule has 13 heavy (non-hydrogen) atoms. The van der Waals surface area contributed by atoms with Crippen LogP contribution in [0.5, 0.6) is 0 Å². The van der Waals surface area contributed by atoms with Gasteiger partial charge in [-0.3, -0.25) is 4.68 Å². The highest BCUT2D eigenvalue weighted by atomic mass is 16.2. The second-order valence-corrected chi connectivity index (χ2v) is 3.76. The predicted molar refractivity (Wildman–Crippen MR) is 50.6 cm³/mol. The van der Waals surface area contributed by atoms with E-state index < -0.39 is 0 Å². The van der Waals surface area contributed by atoms with E-state index in [9.17, 15) is 0 Å². The van der Waals surface area contributed by atoms with Gasteiger partial charge in [-0.25, -0.2) is 0 Å². The Morgan fingerprint density at radius 1 is 1.62 bits per heavy atom. The molecule has 1 aliphatic rings. The normalized spacial score (nSPS) is 16.5. The van der Waals surface area contributed by atoms with Crippen molar-refractivity contribution in [3.63, 3.8) is 0 Å². The summed E-state index contributed by atoms with van der Waals surface area (Å²) < 4.78 is 2.13. The Bertz CT molecular complexity index is 289. The Kier molecular flexibility index (Phi) is 2.36. The van der Waals surface area contributed by atoms with Crippen molar-refractivity contribution < 1.29 is 5.11 Å². The lowest BCUT2D eigenvalue weighted by molar-refractivity contribution is 0.288. The van der Waals surface area contributed by atoms with Crippen molar-refractivity contribution in [1.29, 1.82) is 0 Å². The summed E-state index contributed by atoms with van der Waals surface area (Å²) in [7, 11) is 0. The van der Waals surface area contributed by atoms with Crippen molar-refractivity contribution in [2.24, 2.45) is 0 Å². The van der Waals surface area contributed by atoms with E-state index in [2.05, 4.69) is 16.7 Å². The average Bonchev–Trinajstić information content (AvgIpc) is 2.89. The summed E-state index contributed by atoms with van der Waals surface area (Å²) >= 11 is 0. The van der Waals surface area contributed by atoms with Gasteiger partial charge in [0.05, 0.1) is 12.2 Å². The molecule has 0 saturated heterocycles. The van der Waals surface area contributed by atoms with Gasteiger partial charge in [0.25, 0.3) is 0 Å². The molecule has 0 amide bonds. The molecule has 1 aliphatic carbocycles. The van der Waals surface area contributed by atoms with Gasteiger partial charge in [0.15, 0.2) is 0 Å². The lowest BCUT2D eigenvalue weighted by Gasteiger charge is -2.02. The smallest absolute Gasteiger partial charge is 0.0524 e. The number of rotatable bonds is 4. The minimum atomic E-state index is 0.272. The highest BCUT2D eigenvalue weighted by Gasteiger charge is 2.26. The third-order valence-corrected chi connectivity index (χ3v) is 2.64. The molecule has 1 fully saturated rings. The van der Waals surface area contributed by atoms with Gasteiger partial charge in [0.2, 0.25) is 0 Å². The molecule has 1 aromatic rings. The zero-order valence-electron chi connectivity index (χ0n) is 8.03. The minimum absolute atomic E-state index is 0.272. The SMILES string of the molecule is Cc1c(CCCO)cnn1C1CC1. The van der Waals surface area contributed by atoms with Crippen molar-refractivity contribution in [2.75, 3.05) is 6.61 Å². The van der Waals surface area contributed by atoms with E-state index in [0.29, 0.717) is 6.04 Å². The largest absolute Gasteiger partial charge is 0.396 e. The molecule has 1 N–H and O–H groups in total. The number of aliphatic hydroxyl groups is 1. The van der Waals surface area contributed by atoms with Gasteiger partial charge < -0.3 is 5.11 Å². The Labute approximate surface area is 78.4 Å². The highest BCUT2D eigenvalue weighted by molar-refractivity contribution is 5.17. The molecule has 2 rings (SSSR count). The zero-order valence-corrected chi connectivity index (χ0v) is 8.03. The first-order chi connectivity index (χ1) is 6.33. The molecular weight excluding hydrogens is 164 g/mol. The van der Waals surface area contributed by atoms with Crippen LogP contribution in [-0.4, -0.2) is 21.5 Å². The van der Waals surface area contributed by atoms with Crippen LogP contribution >= 0.6 is 0 Å². The van der Waals surface area contributed by atoms with Gasteiger partial charge >= 0.3 is 0 Å². The van der Waals surface area contributed by atoms with Crippen LogP contribution in [0.2, 0.25) is 0 Å². The second kappa shape index (κ2) is 3.50. The molecule has 1 saturated carbocycles. The predicted octanol–water partition coefficient (Wildman–Crippen LogP) is 1.45. The Morgan fingerprint density at radius 3 is 3.00 bits per heavy atom. The molecule has 72 valence electrons. The van der Waals surface area contributed by atoms with Crippen molar-refractivity contribution in [3.8, 4) is 0 Å². The first kappa shape index (κ1) is 8.75. The maximum absolute atomic E-state index is 8.72. The molecule has 1 aromatic heterocycles. The zero-order chi connectivity index (χ0) is 9.26. The van der Waals surface area contributed by atoms with E-state index in [1.165, 1.54) is 24.1 Å². The molecule has 1 heterocycles. The van der Waals surface area contributed by atoms with Gasteiger partial charge in [-0.2, -0.15) is 5.10 Å². The van der Waals surface area contributed by atoms with Crippen molar-refractivity contribution in [1.82, 2.24) is 9.78 Å². The fourth-order valence-corrected chi connectivity index (χ4v) is 1.66. The third kappa shape index (κ3) is 1.75. The summed E-state index contributed by atoms with van der Waals surface area (Å²) in [5, 5.41) is 13.1. The number of aliphatic hydroxyl groups excluding tert-OH is 1. The number of nitrogens with zero attached hydrogens (tertiary/aromatic N) is 2. The molecular formula is C10H16N2O. The Hall–Kier alpha value is -0.830. The van der Waals surface area contributed by atoms with Crippen molar-refractivity contribution in [3.05, 3.63) is 17.5 Å². The summed E-state index contributed by atoms with van der Waals surface area (Å²) in [6.07, 6.45) is 6.31. The maximum Gasteiger partial charge on any atom is 0.0524 e. The quantitative estimate of drug-likeness (QED) is 0.761. The molecule has 3 nitrogen and oxygen atoms in total. The van der Waals surface area contributed by atoms with Gasteiger partial charge in [-0.15, -0.1) is 0 Å². The van der Waals surface area contributed by atoms with Crippen LogP contribution in [0.25, 0.3) is 0 Å². The molecule has 0 aromatic carbocycles. The molecule has 0 atom stereocenters. The average molecular weight is 180 g/mol. The summed E-state index contributed by atoms with van der Waals surface area (Å²) in [6.45, 7) is 2.39. The van der Waals surface area contributed by atoms with Crippen LogP contribution in [0.1, 0.15) is 36.6 Å². The van der Waals surface area contributed by atoms with E-state index >= 15 is 0 Å². The first-order valence-corrected chi connectivity index (χ1v) is 4.96. The van der Waals surface area contributed by atoms with Gasteiger partial charge in [-0.05, 0) is 38.2 Å². The number of aromatic nitrogens is 2. The van der Waals surface area contributed by atoms with Crippen LogP contribution in [0.3, 0.4) is 0 Å². The number of aryl methyl sites for hydroxylation is 1.